The highest BCUT2D eigenvalue weighted by atomic mass is 79.9. The molecule has 0 fully saturated rings. The molecule has 0 nitrogen and oxygen atoms in total. The molecule has 0 bridgehead atoms. The Morgan fingerprint density at radius 3 is 2.03 bits per heavy atom. The van der Waals surface area contributed by atoms with Crippen LogP contribution in [0.15, 0.2) is 106 Å². The first-order valence-electron chi connectivity index (χ1n) is 11.3. The van der Waals surface area contributed by atoms with E-state index in [4.69, 9.17) is 0 Å². The minimum atomic E-state index is -0.325. The summed E-state index contributed by atoms with van der Waals surface area (Å²) >= 11 is 9.74. The van der Waals surface area contributed by atoms with E-state index in [9.17, 15) is 0 Å². The quantitative estimate of drug-likeness (QED) is 0.168. The molecular weight excluding hydrogens is 564 g/mol. The van der Waals surface area contributed by atoms with Crippen LogP contribution in [0.3, 0.4) is 0 Å². The molecule has 0 unspecified atom stereocenters. The second-order valence-electron chi connectivity index (χ2n) is 9.11. The summed E-state index contributed by atoms with van der Waals surface area (Å²) < 4.78 is 4.99. The molecule has 1 heterocycles. The van der Waals surface area contributed by atoms with Gasteiger partial charge in [0.1, 0.15) is 0 Å². The molecule has 0 amide bonds. The Morgan fingerprint density at radius 2 is 1.26 bits per heavy atom. The minimum absolute atomic E-state index is 0.325. The fourth-order valence-corrected chi connectivity index (χ4v) is 8.84. The molecule has 8 rings (SSSR count). The Kier molecular flexibility index (Phi) is 3.85. The summed E-state index contributed by atoms with van der Waals surface area (Å²) in [4.78, 5) is 0. The van der Waals surface area contributed by atoms with Gasteiger partial charge in [0, 0.05) is 34.7 Å². The first-order chi connectivity index (χ1) is 16.7. The molecule has 0 N–H and O–H groups in total. The largest absolute Gasteiger partial charge is 0.134 e. The summed E-state index contributed by atoms with van der Waals surface area (Å²) in [6.07, 6.45) is 0. The lowest BCUT2D eigenvalue weighted by Crippen LogP contribution is -2.25. The second-order valence-corrected chi connectivity index (χ2v) is 11.9. The summed E-state index contributed by atoms with van der Waals surface area (Å²) in [5, 5.41) is 2.65. The maximum Gasteiger partial charge on any atom is 0.0726 e. The second kappa shape index (κ2) is 6.69. The number of benzene rings is 5. The summed E-state index contributed by atoms with van der Waals surface area (Å²) in [6, 6.07) is 36.0. The van der Waals surface area contributed by atoms with E-state index in [1.807, 2.05) is 11.3 Å². The van der Waals surface area contributed by atoms with E-state index in [-0.39, 0.29) is 5.41 Å². The van der Waals surface area contributed by atoms with E-state index in [2.05, 4.69) is 129 Å². The zero-order chi connectivity index (χ0) is 22.6. The number of fused-ring (bicyclic) bond motifs is 14. The molecular formula is C31H16Br2S. The van der Waals surface area contributed by atoms with E-state index < -0.39 is 0 Å². The minimum Gasteiger partial charge on any atom is -0.134 e. The van der Waals surface area contributed by atoms with Crippen molar-refractivity contribution in [3.63, 3.8) is 0 Å². The molecule has 160 valence electrons. The van der Waals surface area contributed by atoms with Gasteiger partial charge >= 0.3 is 0 Å². The van der Waals surface area contributed by atoms with E-state index >= 15 is 0 Å². The molecule has 6 aromatic rings. The molecule has 0 saturated heterocycles. The van der Waals surface area contributed by atoms with Gasteiger partial charge in [-0.2, -0.15) is 0 Å². The van der Waals surface area contributed by atoms with Crippen LogP contribution in [0.4, 0.5) is 0 Å². The highest BCUT2D eigenvalue weighted by Gasteiger charge is 2.52. The van der Waals surface area contributed by atoms with E-state index in [1.165, 1.54) is 69.2 Å². The lowest BCUT2D eigenvalue weighted by molar-refractivity contribution is 0.793. The first-order valence-corrected chi connectivity index (χ1v) is 13.7. The van der Waals surface area contributed by atoms with Gasteiger partial charge in [0.25, 0.3) is 0 Å². The van der Waals surface area contributed by atoms with Gasteiger partial charge in [-0.15, -0.1) is 11.3 Å². The molecule has 5 aromatic carbocycles. The molecule has 3 heteroatoms. The zero-order valence-corrected chi connectivity index (χ0v) is 21.9. The molecule has 34 heavy (non-hydrogen) atoms. The Hall–Kier alpha value is -2.72. The highest BCUT2D eigenvalue weighted by molar-refractivity contribution is 9.11. The van der Waals surface area contributed by atoms with Gasteiger partial charge in [-0.05, 0) is 63.2 Å². The van der Waals surface area contributed by atoms with Crippen molar-refractivity contribution >= 4 is 63.4 Å². The van der Waals surface area contributed by atoms with Crippen molar-refractivity contribution in [2.45, 2.75) is 5.41 Å². The van der Waals surface area contributed by atoms with Gasteiger partial charge in [-0.25, -0.2) is 0 Å². The van der Waals surface area contributed by atoms with Crippen LogP contribution in [0.5, 0.6) is 0 Å². The normalized spacial score (nSPS) is 14.4. The molecule has 0 atom stereocenters. The summed E-state index contributed by atoms with van der Waals surface area (Å²) in [6.45, 7) is 0. The third-order valence-electron chi connectivity index (χ3n) is 7.61. The van der Waals surface area contributed by atoms with Crippen LogP contribution in [-0.2, 0) is 5.41 Å². The first kappa shape index (κ1) is 19.6. The maximum absolute atomic E-state index is 4.02. The summed E-state index contributed by atoms with van der Waals surface area (Å²) in [5.41, 5.74) is 10.6. The molecule has 1 spiro atoms. The van der Waals surface area contributed by atoms with Crippen molar-refractivity contribution in [1.29, 1.82) is 0 Å². The van der Waals surface area contributed by atoms with Crippen LogP contribution >= 0.6 is 43.2 Å². The topological polar surface area (TPSA) is 0 Å². The Labute approximate surface area is 218 Å². The predicted octanol–water partition coefficient (Wildman–Crippen LogP) is 9.92. The number of hydrogen-bond donors (Lipinski definition) is 0. The van der Waals surface area contributed by atoms with Crippen molar-refractivity contribution in [3.8, 4) is 22.3 Å². The van der Waals surface area contributed by atoms with Gasteiger partial charge in [0.05, 0.1) is 5.41 Å². The van der Waals surface area contributed by atoms with Gasteiger partial charge in [0.2, 0.25) is 0 Å². The van der Waals surface area contributed by atoms with Crippen molar-refractivity contribution in [3.05, 3.63) is 128 Å². The van der Waals surface area contributed by atoms with Crippen LogP contribution in [0.2, 0.25) is 0 Å². The molecule has 0 radical (unpaired) electrons. The lowest BCUT2D eigenvalue weighted by Gasteiger charge is -2.30. The smallest absolute Gasteiger partial charge is 0.0726 e. The third-order valence-corrected chi connectivity index (χ3v) is 9.92. The van der Waals surface area contributed by atoms with E-state index in [0.717, 1.165) is 4.47 Å². The van der Waals surface area contributed by atoms with Crippen molar-refractivity contribution < 1.29 is 0 Å². The highest BCUT2D eigenvalue weighted by Crippen LogP contribution is 2.65. The Balaban J connectivity index is 1.65. The fourth-order valence-electron chi connectivity index (χ4n) is 6.42. The molecule has 2 aliphatic carbocycles. The molecule has 1 aromatic heterocycles. The monoisotopic (exact) mass is 578 g/mol. The van der Waals surface area contributed by atoms with Crippen LogP contribution in [-0.4, -0.2) is 0 Å². The fraction of sp³-hybridized carbons (Fsp3) is 0.0323. The molecule has 0 aliphatic heterocycles. The van der Waals surface area contributed by atoms with Gasteiger partial charge in [-0.1, -0.05) is 105 Å². The maximum atomic E-state index is 4.02. The zero-order valence-electron chi connectivity index (χ0n) is 17.9. The van der Waals surface area contributed by atoms with Crippen LogP contribution in [0, 0.1) is 0 Å². The van der Waals surface area contributed by atoms with Crippen molar-refractivity contribution in [1.82, 2.24) is 0 Å². The van der Waals surface area contributed by atoms with Crippen LogP contribution in [0.25, 0.3) is 42.4 Å². The number of halogens is 2. The van der Waals surface area contributed by atoms with E-state index in [0.29, 0.717) is 0 Å². The van der Waals surface area contributed by atoms with Gasteiger partial charge in [-0.3, -0.25) is 0 Å². The number of thiophene rings is 1. The summed E-state index contributed by atoms with van der Waals surface area (Å²) in [5.74, 6) is 0. The third kappa shape index (κ3) is 2.20. The van der Waals surface area contributed by atoms with E-state index in [1.54, 1.807) is 0 Å². The standard InChI is InChI=1S/C31H16Br2S/c32-17-13-14-20-24(15-17)31(22-10-4-1-7-18(22)19-8-2-5-11-23(19)31)25-16-26(33)29-21-9-3-6-12-27(21)34-30(29)28(20)25/h1-16H. The SMILES string of the molecule is Brc1ccc2c(c1)C1(c3ccccc3-c3ccccc31)c1cc(Br)c3c(sc4ccccc43)c1-2. The van der Waals surface area contributed by atoms with Crippen molar-refractivity contribution in [2.24, 2.45) is 0 Å². The number of rotatable bonds is 0. The average Bonchev–Trinajstić information content (AvgIpc) is 3.48. The van der Waals surface area contributed by atoms with Crippen molar-refractivity contribution in [2.75, 3.05) is 0 Å². The lowest BCUT2D eigenvalue weighted by atomic mass is 9.70. The van der Waals surface area contributed by atoms with Crippen LogP contribution in [0.1, 0.15) is 22.3 Å². The molecule has 2 aliphatic rings. The van der Waals surface area contributed by atoms with Gasteiger partial charge in [0.15, 0.2) is 0 Å². The predicted molar refractivity (Wildman–Crippen MR) is 151 cm³/mol. The summed E-state index contributed by atoms with van der Waals surface area (Å²) in [7, 11) is 0. The van der Waals surface area contributed by atoms with Gasteiger partial charge < -0.3 is 0 Å². The Bertz CT molecular complexity index is 1800. The molecule has 0 saturated carbocycles. The Morgan fingerprint density at radius 1 is 0.588 bits per heavy atom. The number of hydrogen-bond acceptors (Lipinski definition) is 1. The van der Waals surface area contributed by atoms with Crippen LogP contribution < -0.4 is 0 Å². The average molecular weight is 580 g/mol.